The van der Waals surface area contributed by atoms with Crippen LogP contribution in [0.1, 0.15) is 40.5 Å². The summed E-state index contributed by atoms with van der Waals surface area (Å²) in [6, 6.07) is 4.48. The summed E-state index contributed by atoms with van der Waals surface area (Å²) in [5.41, 5.74) is 1.55. The molecule has 2 atom stereocenters. The van der Waals surface area contributed by atoms with Crippen molar-refractivity contribution >= 4 is 8.32 Å². The van der Waals surface area contributed by atoms with Gasteiger partial charge in [-0.3, -0.25) is 4.90 Å². The highest BCUT2D eigenvalue weighted by Crippen LogP contribution is 2.37. The molecule has 2 saturated heterocycles. The van der Waals surface area contributed by atoms with E-state index in [1.165, 1.54) is 37.5 Å². The van der Waals surface area contributed by atoms with E-state index in [0.717, 1.165) is 6.54 Å². The minimum atomic E-state index is -1.47. The summed E-state index contributed by atoms with van der Waals surface area (Å²) >= 11 is 0. The highest BCUT2D eigenvalue weighted by Gasteiger charge is 2.44. The minimum absolute atomic E-state index is 0.420. The van der Waals surface area contributed by atoms with Gasteiger partial charge in [0.1, 0.15) is 0 Å². The molecular formula is C15H29NOSi. The van der Waals surface area contributed by atoms with Gasteiger partial charge in [0.05, 0.1) is 6.10 Å². The second-order valence-corrected chi connectivity index (χ2v) is 10.5. The molecule has 2 heterocycles. The third-order valence-electron chi connectivity index (χ3n) is 5.20. The maximum absolute atomic E-state index is 6.79. The van der Waals surface area contributed by atoms with Gasteiger partial charge in [0.25, 0.3) is 0 Å². The zero-order valence-electron chi connectivity index (χ0n) is 12.5. The molecular weight excluding hydrogens is 238 g/mol. The minimum Gasteiger partial charge on any atom is -0.409 e. The van der Waals surface area contributed by atoms with Crippen molar-refractivity contribution in [3.8, 4) is 0 Å². The van der Waals surface area contributed by atoms with Gasteiger partial charge in [-0.05, 0) is 50.0 Å². The average Bonchev–Trinajstić information content (AvgIpc) is 2.97. The van der Waals surface area contributed by atoms with Crippen LogP contribution in [0.2, 0.25) is 18.1 Å². The lowest BCUT2D eigenvalue weighted by Gasteiger charge is -2.34. The first-order valence-corrected chi connectivity index (χ1v) is 10.3. The molecule has 0 N–H and O–H groups in total. The first kappa shape index (κ1) is 14.3. The van der Waals surface area contributed by atoms with Gasteiger partial charge in [-0.2, -0.15) is 0 Å². The van der Waals surface area contributed by atoms with E-state index in [0.29, 0.717) is 12.1 Å². The largest absolute Gasteiger partial charge is 0.409 e. The van der Waals surface area contributed by atoms with E-state index in [1.807, 2.05) is 0 Å². The number of nitrogens with zero attached hydrogens (tertiary/aromatic N) is 1. The Hall–Kier alpha value is -0.123. The highest BCUT2D eigenvalue weighted by atomic mass is 28.4. The smallest absolute Gasteiger partial charge is 0.192 e. The monoisotopic (exact) mass is 267 g/mol. The lowest BCUT2D eigenvalue weighted by molar-refractivity contribution is 0.163. The van der Waals surface area contributed by atoms with E-state index in [2.05, 4.69) is 38.7 Å². The summed E-state index contributed by atoms with van der Waals surface area (Å²) in [5.74, 6) is 0. The SMILES string of the molecule is C/C=C1\CN2CCC[C@H]2[C@@H]1O[Si](CC)(CC)CC. The van der Waals surface area contributed by atoms with Crippen molar-refractivity contribution in [3.05, 3.63) is 11.6 Å². The van der Waals surface area contributed by atoms with Crippen LogP contribution >= 0.6 is 0 Å². The Morgan fingerprint density at radius 3 is 2.50 bits per heavy atom. The number of allylic oxidation sites excluding steroid dienone is 1. The van der Waals surface area contributed by atoms with Crippen LogP contribution in [-0.4, -0.2) is 38.5 Å². The van der Waals surface area contributed by atoms with Gasteiger partial charge in [0.2, 0.25) is 0 Å². The van der Waals surface area contributed by atoms with Crippen LogP contribution in [0, 0.1) is 0 Å². The first-order valence-electron chi connectivity index (χ1n) is 7.76. The zero-order chi connectivity index (χ0) is 13.2. The zero-order valence-corrected chi connectivity index (χ0v) is 13.5. The van der Waals surface area contributed by atoms with Gasteiger partial charge in [0, 0.05) is 12.6 Å². The number of fused-ring (bicyclic) bond motifs is 1. The lowest BCUT2D eigenvalue weighted by atomic mass is 10.1. The van der Waals surface area contributed by atoms with Crippen LogP contribution in [0.4, 0.5) is 0 Å². The third-order valence-corrected chi connectivity index (χ3v) is 9.82. The molecule has 2 aliphatic heterocycles. The predicted octanol–water partition coefficient (Wildman–Crippen LogP) is 3.80. The maximum atomic E-state index is 6.79. The van der Waals surface area contributed by atoms with Crippen molar-refractivity contribution in [2.24, 2.45) is 0 Å². The Balaban J connectivity index is 2.15. The molecule has 2 aliphatic rings. The fraction of sp³-hybridized carbons (Fsp3) is 0.867. The summed E-state index contributed by atoms with van der Waals surface area (Å²) in [6.45, 7) is 11.6. The Morgan fingerprint density at radius 1 is 1.28 bits per heavy atom. The standard InChI is InChI=1S/C15H29NOSi/c1-5-13-12-16-11-9-10-14(16)15(13)17-18(6-2,7-3)8-4/h5,14-15H,6-12H2,1-4H3/b13-5+/t14-,15+/m0/s1. The quantitative estimate of drug-likeness (QED) is 0.555. The van der Waals surface area contributed by atoms with E-state index < -0.39 is 8.32 Å². The number of rotatable bonds is 5. The van der Waals surface area contributed by atoms with E-state index in [-0.39, 0.29) is 0 Å². The van der Waals surface area contributed by atoms with Crippen molar-refractivity contribution in [1.82, 2.24) is 4.90 Å². The molecule has 104 valence electrons. The molecule has 0 aromatic rings. The van der Waals surface area contributed by atoms with Crippen molar-refractivity contribution in [1.29, 1.82) is 0 Å². The molecule has 0 aliphatic carbocycles. The van der Waals surface area contributed by atoms with E-state index in [4.69, 9.17) is 4.43 Å². The topological polar surface area (TPSA) is 12.5 Å². The van der Waals surface area contributed by atoms with Crippen LogP contribution < -0.4 is 0 Å². The second-order valence-electron chi connectivity index (χ2n) is 5.83. The summed E-state index contributed by atoms with van der Waals surface area (Å²) in [4.78, 5) is 2.64. The van der Waals surface area contributed by atoms with Gasteiger partial charge in [-0.25, -0.2) is 0 Å². The normalized spacial score (nSPS) is 31.2. The van der Waals surface area contributed by atoms with Crippen molar-refractivity contribution in [3.63, 3.8) is 0 Å². The average molecular weight is 267 g/mol. The van der Waals surface area contributed by atoms with Crippen molar-refractivity contribution in [2.75, 3.05) is 13.1 Å². The van der Waals surface area contributed by atoms with Gasteiger partial charge < -0.3 is 4.43 Å². The van der Waals surface area contributed by atoms with Gasteiger partial charge in [-0.15, -0.1) is 0 Å². The molecule has 3 heteroatoms. The summed E-state index contributed by atoms with van der Waals surface area (Å²) in [6.07, 6.45) is 5.43. The van der Waals surface area contributed by atoms with Crippen LogP contribution in [-0.2, 0) is 4.43 Å². The van der Waals surface area contributed by atoms with Crippen molar-refractivity contribution in [2.45, 2.75) is 70.8 Å². The van der Waals surface area contributed by atoms with Gasteiger partial charge >= 0.3 is 0 Å². The molecule has 0 spiro atoms. The van der Waals surface area contributed by atoms with Crippen LogP contribution in [0.15, 0.2) is 11.6 Å². The van der Waals surface area contributed by atoms with Crippen molar-refractivity contribution < 1.29 is 4.43 Å². The Morgan fingerprint density at radius 2 is 1.94 bits per heavy atom. The van der Waals surface area contributed by atoms with Crippen LogP contribution in [0.3, 0.4) is 0 Å². The Labute approximate surface area is 114 Å². The lowest BCUT2D eigenvalue weighted by Crippen LogP contribution is -2.44. The summed E-state index contributed by atoms with van der Waals surface area (Å²) in [7, 11) is -1.47. The Kier molecular flexibility index (Phi) is 4.68. The maximum Gasteiger partial charge on any atom is 0.192 e. The molecule has 0 saturated carbocycles. The molecule has 0 aromatic carbocycles. The molecule has 2 fully saturated rings. The van der Waals surface area contributed by atoms with E-state index in [9.17, 15) is 0 Å². The summed E-state index contributed by atoms with van der Waals surface area (Å²) in [5, 5.41) is 0. The van der Waals surface area contributed by atoms with Crippen LogP contribution in [0.5, 0.6) is 0 Å². The molecule has 0 aromatic heterocycles. The van der Waals surface area contributed by atoms with Gasteiger partial charge in [0.15, 0.2) is 8.32 Å². The third kappa shape index (κ3) is 2.45. The fourth-order valence-corrected chi connectivity index (χ4v) is 6.49. The summed E-state index contributed by atoms with van der Waals surface area (Å²) < 4.78 is 6.79. The van der Waals surface area contributed by atoms with Crippen LogP contribution in [0.25, 0.3) is 0 Å². The number of hydrogen-bond donors (Lipinski definition) is 0. The fourth-order valence-electron chi connectivity index (χ4n) is 3.64. The molecule has 0 bridgehead atoms. The second kappa shape index (κ2) is 5.89. The van der Waals surface area contributed by atoms with Gasteiger partial charge in [-0.1, -0.05) is 26.8 Å². The molecule has 2 nitrogen and oxygen atoms in total. The molecule has 18 heavy (non-hydrogen) atoms. The first-order chi connectivity index (χ1) is 8.69. The number of hydrogen-bond acceptors (Lipinski definition) is 2. The highest BCUT2D eigenvalue weighted by molar-refractivity contribution is 6.73. The predicted molar refractivity (Wildman–Crippen MR) is 80.4 cm³/mol. The molecule has 0 amide bonds. The molecule has 0 unspecified atom stereocenters. The molecule has 2 rings (SSSR count). The molecule has 0 radical (unpaired) electrons. The van der Waals surface area contributed by atoms with E-state index in [1.54, 1.807) is 5.57 Å². The Bertz CT molecular complexity index is 303. The van der Waals surface area contributed by atoms with E-state index >= 15 is 0 Å².